The molecule has 0 bridgehead atoms. The number of phosphoric ester groups is 1. The number of phosphoric acid groups is 1. The van der Waals surface area contributed by atoms with Crippen LogP contribution in [0.25, 0.3) is 0 Å². The van der Waals surface area contributed by atoms with E-state index in [0.717, 1.165) is 21.8 Å². The third kappa shape index (κ3) is 14.2. The van der Waals surface area contributed by atoms with E-state index in [0.29, 0.717) is 4.88 Å². The number of amides is 4. The van der Waals surface area contributed by atoms with E-state index in [1.165, 1.54) is 27.6 Å². The molecule has 54 heavy (non-hydrogen) atoms. The number of nitrogens with one attached hydrogen (secondary N) is 3. The minimum atomic E-state index is -5.13. The van der Waals surface area contributed by atoms with Gasteiger partial charge in [0.2, 0.25) is 5.91 Å². The smallest absolute Gasteiger partial charge is 0.444 e. The van der Waals surface area contributed by atoms with Crippen molar-refractivity contribution in [3.8, 4) is 0 Å². The predicted molar refractivity (Wildman–Crippen MR) is 208 cm³/mol. The molecule has 14 nitrogen and oxygen atoms in total. The molecule has 2 heterocycles. The van der Waals surface area contributed by atoms with Gasteiger partial charge in [0, 0.05) is 30.6 Å². The zero-order valence-corrected chi connectivity index (χ0v) is 33.5. The molecule has 0 saturated heterocycles. The topological polar surface area (TPSA) is 192 Å². The lowest BCUT2D eigenvalue weighted by Crippen LogP contribution is -2.56. The molecule has 2 aromatic heterocycles. The molecule has 0 aliphatic heterocycles. The van der Waals surface area contributed by atoms with Crippen LogP contribution in [0.1, 0.15) is 66.7 Å². The number of thiazole rings is 2. The van der Waals surface area contributed by atoms with Crippen molar-refractivity contribution >= 4 is 48.5 Å². The molecule has 4 atom stereocenters. The Bertz CT molecular complexity index is 1810. The molecule has 0 aliphatic rings. The van der Waals surface area contributed by atoms with E-state index >= 15 is 0 Å². The largest absolute Gasteiger partial charge is 0.469 e. The molecule has 0 radical (unpaired) electrons. The van der Waals surface area contributed by atoms with E-state index in [2.05, 4.69) is 39.8 Å². The van der Waals surface area contributed by atoms with Crippen molar-refractivity contribution in [2.45, 2.75) is 90.3 Å². The van der Waals surface area contributed by atoms with Gasteiger partial charge in [-0.25, -0.2) is 19.1 Å². The molecule has 292 valence electrons. The number of nitrogens with zero attached hydrogens (tertiary/aromatic N) is 3. The van der Waals surface area contributed by atoms with Gasteiger partial charge in [-0.3, -0.25) is 14.3 Å². The number of benzene rings is 2. The highest BCUT2D eigenvalue weighted by atomic mass is 32.1. The fraction of sp³-hybridized carbons (Fsp3) is 0.432. The van der Waals surface area contributed by atoms with Crippen LogP contribution in [0.2, 0.25) is 0 Å². The number of aromatic nitrogens is 2. The summed E-state index contributed by atoms with van der Waals surface area (Å²) in [6.45, 7) is 7.92. The highest BCUT2D eigenvalue weighted by Crippen LogP contribution is 2.40. The second-order valence-corrected chi connectivity index (χ2v) is 16.7. The fourth-order valence-corrected chi connectivity index (χ4v) is 7.58. The van der Waals surface area contributed by atoms with Crippen molar-refractivity contribution < 1.29 is 38.0 Å². The maximum absolute atomic E-state index is 14.0. The van der Waals surface area contributed by atoms with Crippen LogP contribution in [0.15, 0.2) is 77.8 Å². The molecular formula is C37H49N6O8PS2. The lowest BCUT2D eigenvalue weighted by atomic mass is 9.93. The molecule has 0 aliphatic carbocycles. The van der Waals surface area contributed by atoms with Gasteiger partial charge in [-0.05, 0) is 36.3 Å². The number of carbonyl (C=O) groups is 3. The average Bonchev–Trinajstić information content (AvgIpc) is 3.82. The number of rotatable bonds is 19. The van der Waals surface area contributed by atoms with E-state index in [4.69, 9.17) is 9.26 Å². The van der Waals surface area contributed by atoms with Gasteiger partial charge in [0.1, 0.15) is 12.6 Å². The van der Waals surface area contributed by atoms with Crippen molar-refractivity contribution in [3.63, 3.8) is 0 Å². The van der Waals surface area contributed by atoms with E-state index < -0.39 is 50.1 Å². The average molecular weight is 801 g/mol. The Kier molecular flexibility index (Phi) is 16.1. The molecule has 0 fully saturated rings. The van der Waals surface area contributed by atoms with Gasteiger partial charge in [-0.1, -0.05) is 88.4 Å². The molecule has 5 N–H and O–H groups in total. The predicted octanol–water partition coefficient (Wildman–Crippen LogP) is 6.02. The Labute approximate surface area is 324 Å². The molecule has 4 aromatic rings. The summed E-state index contributed by atoms with van der Waals surface area (Å²) in [5.74, 6) is -0.552. The van der Waals surface area contributed by atoms with Gasteiger partial charge in [0.15, 0.2) is 0 Å². The first-order valence-electron chi connectivity index (χ1n) is 17.6. The summed E-state index contributed by atoms with van der Waals surface area (Å²) in [6.07, 6.45) is -0.298. The molecule has 0 spiro atoms. The summed E-state index contributed by atoms with van der Waals surface area (Å²) < 4.78 is 23.3. The van der Waals surface area contributed by atoms with Crippen LogP contribution in [0.4, 0.5) is 9.59 Å². The Morgan fingerprint density at radius 1 is 0.907 bits per heavy atom. The van der Waals surface area contributed by atoms with Crippen LogP contribution in [-0.2, 0) is 44.6 Å². The third-order valence-electron chi connectivity index (χ3n) is 8.38. The number of alkyl carbamates (subject to hydrolysis) is 1. The first kappa shape index (κ1) is 42.6. The monoisotopic (exact) mass is 800 g/mol. The summed E-state index contributed by atoms with van der Waals surface area (Å²) in [5, 5.41) is 11.5. The minimum absolute atomic E-state index is 0.0501. The number of urea groups is 1. The highest BCUT2D eigenvalue weighted by molar-refractivity contribution is 7.46. The summed E-state index contributed by atoms with van der Waals surface area (Å²) in [4.78, 5) is 71.5. The third-order valence-corrected chi connectivity index (χ3v) is 10.9. The summed E-state index contributed by atoms with van der Waals surface area (Å²) in [6, 6.07) is 15.2. The van der Waals surface area contributed by atoms with Crippen molar-refractivity contribution in [1.82, 2.24) is 30.8 Å². The zero-order valence-electron chi connectivity index (χ0n) is 31.0. The maximum atomic E-state index is 14.0. The lowest BCUT2D eigenvalue weighted by molar-refractivity contribution is -0.124. The quantitative estimate of drug-likeness (QED) is 0.0701. The number of hydrogen-bond acceptors (Lipinski definition) is 10. The molecule has 4 amide bonds. The van der Waals surface area contributed by atoms with Crippen molar-refractivity contribution in [2.24, 2.45) is 5.92 Å². The minimum Gasteiger partial charge on any atom is -0.444 e. The van der Waals surface area contributed by atoms with Gasteiger partial charge < -0.3 is 35.4 Å². The normalized spacial score (nSPS) is 13.9. The SMILES string of the molecule is CC(C)c1nc(CN(C)C(=O)N[C@H](C(=O)N[C@@H](Cc2ccccc2)C[C@H](OP(=O)(O)O)[C@H](Cc2ccccc2)NC(=O)OCc2cncs2)C(C)C)cs1. The number of carbonyl (C=O) groups excluding carboxylic acids is 3. The summed E-state index contributed by atoms with van der Waals surface area (Å²) in [7, 11) is -3.50. The van der Waals surface area contributed by atoms with Crippen LogP contribution in [0, 0.1) is 5.92 Å². The zero-order chi connectivity index (χ0) is 39.3. The lowest BCUT2D eigenvalue weighted by Gasteiger charge is -2.32. The van der Waals surface area contributed by atoms with Crippen LogP contribution in [0.5, 0.6) is 0 Å². The molecular weight excluding hydrogens is 752 g/mol. The Balaban J connectivity index is 1.57. The molecule has 2 aromatic carbocycles. The Hall–Kier alpha value is -4.18. The standard InChI is InChI=1S/C37H49N6O8PS2/c1-24(2)33(42-36(45)43(5)20-29-22-53-35(40-29)25(3)4)34(44)39-28(16-26-12-8-6-9-13-26)18-32(51-52(47,48)49)31(17-27-14-10-7-11-15-27)41-37(46)50-21-30-19-38-23-54-30/h6-15,19,22-25,28,31-33H,16-18,20-21H2,1-5H3,(H,39,44)(H,41,46)(H,42,45)(H2,47,48,49)/t28-,31-,32-,33-/m0/s1. The summed E-state index contributed by atoms with van der Waals surface area (Å²) >= 11 is 2.84. The first-order valence-corrected chi connectivity index (χ1v) is 20.8. The van der Waals surface area contributed by atoms with Crippen LogP contribution < -0.4 is 16.0 Å². The van der Waals surface area contributed by atoms with Crippen LogP contribution in [-0.4, -0.2) is 74.0 Å². The second-order valence-electron chi connectivity index (χ2n) is 13.6. The molecule has 0 saturated carbocycles. The van der Waals surface area contributed by atoms with E-state index in [1.54, 1.807) is 18.8 Å². The van der Waals surface area contributed by atoms with E-state index in [9.17, 15) is 28.7 Å². The van der Waals surface area contributed by atoms with Gasteiger partial charge in [0.05, 0.1) is 39.8 Å². The van der Waals surface area contributed by atoms with Gasteiger partial charge in [-0.15, -0.1) is 22.7 Å². The Morgan fingerprint density at radius 3 is 2.11 bits per heavy atom. The number of hydrogen-bond donors (Lipinski definition) is 5. The molecule has 4 rings (SSSR count). The second kappa shape index (κ2) is 20.5. The van der Waals surface area contributed by atoms with Gasteiger partial charge >= 0.3 is 19.9 Å². The highest BCUT2D eigenvalue weighted by Gasteiger charge is 2.35. The number of ether oxygens (including phenoxy) is 1. The van der Waals surface area contributed by atoms with E-state index in [1.807, 2.05) is 79.9 Å². The van der Waals surface area contributed by atoms with Crippen LogP contribution in [0.3, 0.4) is 0 Å². The van der Waals surface area contributed by atoms with Gasteiger partial charge in [0.25, 0.3) is 0 Å². The van der Waals surface area contributed by atoms with Crippen molar-refractivity contribution in [1.29, 1.82) is 0 Å². The molecule has 17 heteroatoms. The van der Waals surface area contributed by atoms with Crippen molar-refractivity contribution in [3.05, 3.63) is 104 Å². The van der Waals surface area contributed by atoms with Gasteiger partial charge in [-0.2, -0.15) is 0 Å². The Morgan fingerprint density at radius 2 is 1.56 bits per heavy atom. The van der Waals surface area contributed by atoms with E-state index in [-0.39, 0.29) is 44.2 Å². The van der Waals surface area contributed by atoms with Crippen LogP contribution >= 0.6 is 30.5 Å². The summed E-state index contributed by atoms with van der Waals surface area (Å²) in [5.41, 5.74) is 3.95. The van der Waals surface area contributed by atoms with Crippen molar-refractivity contribution in [2.75, 3.05) is 7.05 Å². The fourth-order valence-electron chi connectivity index (χ4n) is 5.66. The molecule has 0 unspecified atom stereocenters. The first-order chi connectivity index (χ1) is 25.7. The maximum Gasteiger partial charge on any atom is 0.469 e.